The largest absolute Gasteiger partial charge is 0.478 e. The maximum atomic E-state index is 12.3. The molecule has 0 unspecified atom stereocenters. The van der Waals surface area contributed by atoms with E-state index in [0.29, 0.717) is 5.56 Å². The topological polar surface area (TPSA) is 107 Å². The average Bonchev–Trinajstić information content (AvgIpc) is 3.02. The van der Waals surface area contributed by atoms with Gasteiger partial charge in [-0.1, -0.05) is 30.3 Å². The molecule has 7 nitrogen and oxygen atoms in total. The molecule has 0 aliphatic rings. The first-order valence-corrected chi connectivity index (χ1v) is 9.22. The lowest BCUT2D eigenvalue weighted by molar-refractivity contribution is -0.121. The van der Waals surface area contributed by atoms with Gasteiger partial charge in [-0.3, -0.25) is 4.79 Å². The second-order valence-corrected chi connectivity index (χ2v) is 6.72. The van der Waals surface area contributed by atoms with Crippen LogP contribution in [0.25, 0.3) is 5.69 Å². The predicted octanol–water partition coefficient (Wildman–Crippen LogP) is 3.55. The van der Waals surface area contributed by atoms with Crippen LogP contribution in [0.1, 0.15) is 38.8 Å². The molecule has 30 heavy (non-hydrogen) atoms. The van der Waals surface area contributed by atoms with Crippen molar-refractivity contribution < 1.29 is 14.7 Å². The van der Waals surface area contributed by atoms with Crippen LogP contribution in [0.4, 0.5) is 0 Å². The molecule has 7 heteroatoms. The van der Waals surface area contributed by atoms with Gasteiger partial charge in [-0.15, -0.1) is 0 Å². The number of rotatable bonds is 6. The summed E-state index contributed by atoms with van der Waals surface area (Å²) in [4.78, 5) is 23.4. The number of benzene rings is 2. The summed E-state index contributed by atoms with van der Waals surface area (Å²) in [5.41, 5.74) is 6.69. The van der Waals surface area contributed by atoms with Gasteiger partial charge in [-0.05, 0) is 49.7 Å². The fourth-order valence-corrected chi connectivity index (χ4v) is 3.23. The zero-order valence-corrected chi connectivity index (χ0v) is 16.5. The Morgan fingerprint density at radius 2 is 1.80 bits per heavy atom. The summed E-state index contributed by atoms with van der Waals surface area (Å²) >= 11 is 0. The van der Waals surface area contributed by atoms with Crippen molar-refractivity contribution in [1.29, 1.82) is 5.26 Å². The minimum Gasteiger partial charge on any atom is -0.478 e. The highest BCUT2D eigenvalue weighted by Crippen LogP contribution is 2.20. The van der Waals surface area contributed by atoms with Gasteiger partial charge in [0.2, 0.25) is 0 Å². The third kappa shape index (κ3) is 4.28. The number of aromatic carboxylic acids is 1. The summed E-state index contributed by atoms with van der Waals surface area (Å²) in [7, 11) is 0. The van der Waals surface area contributed by atoms with Gasteiger partial charge in [0.25, 0.3) is 5.91 Å². The molecule has 2 N–H and O–H groups in total. The number of carbonyl (C=O) groups excluding carboxylic acids is 1. The van der Waals surface area contributed by atoms with E-state index in [1.54, 1.807) is 48.5 Å². The molecule has 1 aromatic heterocycles. The molecule has 3 rings (SSSR count). The Hall–Kier alpha value is -4.18. The van der Waals surface area contributed by atoms with E-state index in [0.717, 1.165) is 22.6 Å². The van der Waals surface area contributed by atoms with E-state index in [1.807, 2.05) is 36.6 Å². The Bertz CT molecular complexity index is 1140. The number of hydrazone groups is 1. The molecule has 1 atom stereocenters. The van der Waals surface area contributed by atoms with Crippen LogP contribution in [0.3, 0.4) is 0 Å². The van der Waals surface area contributed by atoms with E-state index >= 15 is 0 Å². The Labute approximate surface area is 173 Å². The smallest absolute Gasteiger partial charge is 0.335 e. The second kappa shape index (κ2) is 8.88. The van der Waals surface area contributed by atoms with Crippen LogP contribution < -0.4 is 5.43 Å². The normalized spacial score (nSPS) is 11.8. The molecular formula is C23H20N4O3. The Morgan fingerprint density at radius 3 is 2.40 bits per heavy atom. The molecular weight excluding hydrogens is 380 g/mol. The van der Waals surface area contributed by atoms with Crippen LogP contribution in [0.15, 0.2) is 65.8 Å². The predicted molar refractivity (Wildman–Crippen MR) is 113 cm³/mol. The van der Waals surface area contributed by atoms with Crippen LogP contribution in [-0.4, -0.2) is 27.8 Å². The van der Waals surface area contributed by atoms with Crippen molar-refractivity contribution in [3.05, 3.63) is 88.7 Å². The molecule has 0 aliphatic carbocycles. The van der Waals surface area contributed by atoms with Crippen LogP contribution in [-0.2, 0) is 4.79 Å². The Balaban J connectivity index is 1.77. The molecule has 2 aromatic carbocycles. The van der Waals surface area contributed by atoms with Gasteiger partial charge < -0.3 is 9.67 Å². The molecule has 3 aromatic rings. The van der Waals surface area contributed by atoms with Crippen molar-refractivity contribution in [3.63, 3.8) is 0 Å². The number of aromatic nitrogens is 1. The Kier molecular flexibility index (Phi) is 6.08. The van der Waals surface area contributed by atoms with Crippen molar-refractivity contribution in [2.24, 2.45) is 5.10 Å². The molecule has 0 fully saturated rings. The molecule has 150 valence electrons. The summed E-state index contributed by atoms with van der Waals surface area (Å²) in [5.74, 6) is -2.42. The van der Waals surface area contributed by atoms with Gasteiger partial charge in [0.05, 0.1) is 17.8 Å². The standard InChI is InChI=1S/C23H20N4O3/c1-15-12-19(16(2)27(15)20-10-8-18(9-11-20)23(29)30)14-25-26-22(28)21(13-24)17-6-4-3-5-7-17/h3-12,14,21H,1-2H3,(H,26,28)(H,29,30)/b25-14-/t21-/m1/s1. The van der Waals surface area contributed by atoms with Crippen molar-refractivity contribution in [1.82, 2.24) is 9.99 Å². The van der Waals surface area contributed by atoms with E-state index in [1.165, 1.54) is 6.21 Å². The first kappa shape index (κ1) is 20.6. The minimum atomic E-state index is -0.975. The molecule has 1 amide bonds. The fraction of sp³-hybridized carbons (Fsp3) is 0.130. The molecule has 1 heterocycles. The minimum absolute atomic E-state index is 0.219. The molecule has 0 aliphatic heterocycles. The first-order valence-electron chi connectivity index (χ1n) is 9.22. The van der Waals surface area contributed by atoms with Gasteiger partial charge in [-0.25, -0.2) is 10.2 Å². The number of nitriles is 1. The van der Waals surface area contributed by atoms with E-state index in [-0.39, 0.29) is 5.56 Å². The van der Waals surface area contributed by atoms with Crippen LogP contribution in [0.2, 0.25) is 0 Å². The maximum absolute atomic E-state index is 12.3. The van der Waals surface area contributed by atoms with Crippen LogP contribution >= 0.6 is 0 Å². The first-order chi connectivity index (χ1) is 14.4. The highest BCUT2D eigenvalue weighted by atomic mass is 16.4. The zero-order valence-electron chi connectivity index (χ0n) is 16.5. The quantitative estimate of drug-likeness (QED) is 0.487. The second-order valence-electron chi connectivity index (χ2n) is 6.72. The Morgan fingerprint density at radius 1 is 1.13 bits per heavy atom. The number of amides is 1. The number of carboxylic acid groups (broad SMARTS) is 1. The summed E-state index contributed by atoms with van der Waals surface area (Å²) in [6.07, 6.45) is 1.53. The highest BCUT2D eigenvalue weighted by Gasteiger charge is 2.19. The number of nitrogens with one attached hydrogen (secondary N) is 1. The van der Waals surface area contributed by atoms with E-state index in [4.69, 9.17) is 5.11 Å². The monoisotopic (exact) mass is 400 g/mol. The van der Waals surface area contributed by atoms with Crippen molar-refractivity contribution in [2.75, 3.05) is 0 Å². The molecule has 0 saturated carbocycles. The summed E-state index contributed by atoms with van der Waals surface area (Å²) in [6, 6.07) is 19.3. The number of nitrogens with zero attached hydrogens (tertiary/aromatic N) is 3. The zero-order chi connectivity index (χ0) is 21.7. The van der Waals surface area contributed by atoms with Gasteiger partial charge in [0.15, 0.2) is 5.92 Å². The summed E-state index contributed by atoms with van der Waals surface area (Å²) in [5, 5.41) is 22.4. The summed E-state index contributed by atoms with van der Waals surface area (Å²) in [6.45, 7) is 3.83. The fourth-order valence-electron chi connectivity index (χ4n) is 3.23. The van der Waals surface area contributed by atoms with Crippen molar-refractivity contribution >= 4 is 18.1 Å². The van der Waals surface area contributed by atoms with Crippen LogP contribution in [0.5, 0.6) is 0 Å². The number of carbonyl (C=O) groups is 2. The van der Waals surface area contributed by atoms with E-state index in [2.05, 4.69) is 10.5 Å². The lowest BCUT2D eigenvalue weighted by Gasteiger charge is -2.10. The lowest BCUT2D eigenvalue weighted by Crippen LogP contribution is -2.24. The van der Waals surface area contributed by atoms with Crippen molar-refractivity contribution in [3.8, 4) is 11.8 Å². The van der Waals surface area contributed by atoms with Gasteiger partial charge in [0, 0.05) is 22.6 Å². The SMILES string of the molecule is Cc1cc(/C=N\NC(=O)[C@H](C#N)c2ccccc2)c(C)n1-c1ccc(C(=O)O)cc1. The molecule has 0 saturated heterocycles. The average molecular weight is 400 g/mol. The number of aryl methyl sites for hydroxylation is 1. The molecule has 0 spiro atoms. The number of hydrogen-bond donors (Lipinski definition) is 2. The highest BCUT2D eigenvalue weighted by molar-refractivity contribution is 5.89. The third-order valence-corrected chi connectivity index (χ3v) is 4.75. The summed E-state index contributed by atoms with van der Waals surface area (Å²) < 4.78 is 1.97. The number of carboxylic acids is 1. The van der Waals surface area contributed by atoms with Crippen LogP contribution in [0, 0.1) is 25.2 Å². The maximum Gasteiger partial charge on any atom is 0.335 e. The molecule has 0 bridgehead atoms. The van der Waals surface area contributed by atoms with Gasteiger partial charge in [-0.2, -0.15) is 10.4 Å². The van der Waals surface area contributed by atoms with Crippen molar-refractivity contribution in [2.45, 2.75) is 19.8 Å². The molecule has 0 radical (unpaired) electrons. The van der Waals surface area contributed by atoms with Gasteiger partial charge >= 0.3 is 5.97 Å². The van der Waals surface area contributed by atoms with Gasteiger partial charge in [0.1, 0.15) is 0 Å². The lowest BCUT2D eigenvalue weighted by atomic mass is 10.0. The van der Waals surface area contributed by atoms with E-state index < -0.39 is 17.8 Å². The number of hydrogen-bond acceptors (Lipinski definition) is 4. The van der Waals surface area contributed by atoms with E-state index in [9.17, 15) is 14.9 Å². The third-order valence-electron chi connectivity index (χ3n) is 4.75.